The quantitative estimate of drug-likeness (QED) is 0.751. The van der Waals surface area contributed by atoms with Crippen LogP contribution in [0, 0.1) is 0 Å². The zero-order chi connectivity index (χ0) is 19.4. The number of hydrogen-bond acceptors (Lipinski definition) is 4. The molecule has 1 aliphatic heterocycles. The van der Waals surface area contributed by atoms with Crippen molar-refractivity contribution in [2.24, 2.45) is 5.73 Å². The Balaban J connectivity index is 1.64. The zero-order valence-electron chi connectivity index (χ0n) is 14.8. The van der Waals surface area contributed by atoms with E-state index in [1.807, 2.05) is 12.1 Å². The minimum absolute atomic E-state index is 0.111. The van der Waals surface area contributed by atoms with Crippen LogP contribution in [0.3, 0.4) is 0 Å². The van der Waals surface area contributed by atoms with Gasteiger partial charge >= 0.3 is 6.03 Å². The monoisotopic (exact) mass is 368 g/mol. The number of carbonyl (C=O) groups excluding carboxylic acids is 3. The Bertz CT molecular complexity index is 884. The molecule has 8 heteroatoms. The van der Waals surface area contributed by atoms with Crippen molar-refractivity contribution in [3.8, 4) is 5.75 Å². The highest BCUT2D eigenvalue weighted by Gasteiger charge is 2.31. The summed E-state index contributed by atoms with van der Waals surface area (Å²) < 4.78 is 5.59. The summed E-state index contributed by atoms with van der Waals surface area (Å²) >= 11 is 0. The predicted octanol–water partition coefficient (Wildman–Crippen LogP) is 2.32. The Morgan fingerprint density at radius 2 is 1.81 bits per heavy atom. The van der Waals surface area contributed by atoms with Crippen molar-refractivity contribution < 1.29 is 19.1 Å². The molecule has 4 N–H and O–H groups in total. The SMILES string of the molecule is CC1Oc2ccccc2N(CCC(=O)Nc2cccc(NC(N)=O)c2)C1=O. The second-order valence-corrected chi connectivity index (χ2v) is 6.09. The normalized spacial score (nSPS) is 15.5. The summed E-state index contributed by atoms with van der Waals surface area (Å²) in [6.45, 7) is 1.91. The molecule has 1 aliphatic rings. The van der Waals surface area contributed by atoms with Crippen LogP contribution in [0.25, 0.3) is 0 Å². The molecule has 2 aromatic rings. The third kappa shape index (κ3) is 4.35. The zero-order valence-corrected chi connectivity index (χ0v) is 14.8. The molecule has 0 fully saturated rings. The van der Waals surface area contributed by atoms with Gasteiger partial charge in [0, 0.05) is 24.3 Å². The molecule has 0 aromatic heterocycles. The Morgan fingerprint density at radius 1 is 1.11 bits per heavy atom. The Kier molecular flexibility index (Phi) is 5.25. The van der Waals surface area contributed by atoms with Crippen molar-refractivity contribution in [3.05, 3.63) is 48.5 Å². The third-order valence-electron chi connectivity index (χ3n) is 4.05. The lowest BCUT2D eigenvalue weighted by Crippen LogP contribution is -2.45. The van der Waals surface area contributed by atoms with Crippen molar-refractivity contribution in [1.82, 2.24) is 0 Å². The lowest BCUT2D eigenvalue weighted by Gasteiger charge is -2.32. The average molecular weight is 368 g/mol. The number of anilines is 3. The first-order valence-electron chi connectivity index (χ1n) is 8.47. The van der Waals surface area contributed by atoms with Crippen molar-refractivity contribution >= 4 is 34.9 Å². The number of para-hydroxylation sites is 2. The van der Waals surface area contributed by atoms with Crippen molar-refractivity contribution in [3.63, 3.8) is 0 Å². The first kappa shape index (κ1) is 18.2. The lowest BCUT2D eigenvalue weighted by atomic mass is 10.1. The number of carbonyl (C=O) groups is 3. The first-order chi connectivity index (χ1) is 12.9. The van der Waals surface area contributed by atoms with E-state index in [4.69, 9.17) is 10.5 Å². The summed E-state index contributed by atoms with van der Waals surface area (Å²) in [6.07, 6.45) is -0.486. The van der Waals surface area contributed by atoms with Gasteiger partial charge in [-0.25, -0.2) is 4.79 Å². The molecule has 0 spiro atoms. The van der Waals surface area contributed by atoms with E-state index in [9.17, 15) is 14.4 Å². The summed E-state index contributed by atoms with van der Waals surface area (Å²) in [6, 6.07) is 13.2. The number of urea groups is 1. The molecule has 0 saturated heterocycles. The van der Waals surface area contributed by atoms with E-state index < -0.39 is 12.1 Å². The summed E-state index contributed by atoms with van der Waals surface area (Å²) in [5.74, 6) is 0.181. The Labute approximate surface area is 156 Å². The number of benzene rings is 2. The highest BCUT2D eigenvalue weighted by Crippen LogP contribution is 2.33. The van der Waals surface area contributed by atoms with Crippen LogP contribution in [-0.4, -0.2) is 30.5 Å². The number of fused-ring (bicyclic) bond motifs is 1. The second-order valence-electron chi connectivity index (χ2n) is 6.09. The van der Waals surface area contributed by atoms with E-state index in [1.54, 1.807) is 48.2 Å². The van der Waals surface area contributed by atoms with Gasteiger partial charge in [0.05, 0.1) is 5.69 Å². The van der Waals surface area contributed by atoms with E-state index in [-0.39, 0.29) is 24.8 Å². The molecule has 1 heterocycles. The summed E-state index contributed by atoms with van der Waals surface area (Å²) in [5, 5.41) is 5.19. The Hall–Kier alpha value is -3.55. The van der Waals surface area contributed by atoms with Crippen molar-refractivity contribution in [1.29, 1.82) is 0 Å². The molecule has 0 aliphatic carbocycles. The minimum atomic E-state index is -0.683. The van der Waals surface area contributed by atoms with Gasteiger partial charge in [0.15, 0.2) is 6.10 Å². The summed E-state index contributed by atoms with van der Waals surface area (Å²) in [5.41, 5.74) is 6.74. The lowest BCUT2D eigenvalue weighted by molar-refractivity contribution is -0.125. The number of nitrogens with two attached hydrogens (primary N) is 1. The number of rotatable bonds is 5. The maximum Gasteiger partial charge on any atom is 0.316 e. The molecule has 1 atom stereocenters. The number of hydrogen-bond donors (Lipinski definition) is 3. The molecule has 27 heavy (non-hydrogen) atoms. The maximum atomic E-state index is 12.4. The average Bonchev–Trinajstić information content (AvgIpc) is 2.62. The largest absolute Gasteiger partial charge is 0.479 e. The van der Waals surface area contributed by atoms with Crippen LogP contribution in [0.4, 0.5) is 21.9 Å². The van der Waals surface area contributed by atoms with Gasteiger partial charge < -0.3 is 26.0 Å². The van der Waals surface area contributed by atoms with Gasteiger partial charge in [-0.15, -0.1) is 0 Å². The second kappa shape index (κ2) is 7.77. The van der Waals surface area contributed by atoms with Crippen LogP contribution >= 0.6 is 0 Å². The highest BCUT2D eigenvalue weighted by atomic mass is 16.5. The summed E-state index contributed by atoms with van der Waals surface area (Å²) in [7, 11) is 0. The topological polar surface area (TPSA) is 114 Å². The molecular formula is C19H20N4O4. The standard InChI is InChI=1S/C19H20N4O4/c1-12-18(25)23(15-7-2-3-8-16(15)27-12)10-9-17(24)21-13-5-4-6-14(11-13)22-19(20)26/h2-8,11-12H,9-10H2,1H3,(H,21,24)(H3,20,22,26). The fourth-order valence-electron chi connectivity index (χ4n) is 2.84. The molecule has 4 amide bonds. The van der Waals surface area contributed by atoms with Crippen LogP contribution in [-0.2, 0) is 9.59 Å². The number of ether oxygens (including phenoxy) is 1. The van der Waals surface area contributed by atoms with Crippen LogP contribution in [0.2, 0.25) is 0 Å². The molecule has 140 valence electrons. The van der Waals surface area contributed by atoms with Crippen LogP contribution in [0.15, 0.2) is 48.5 Å². The Morgan fingerprint density at radius 3 is 2.56 bits per heavy atom. The van der Waals surface area contributed by atoms with Gasteiger partial charge in [-0.3, -0.25) is 9.59 Å². The van der Waals surface area contributed by atoms with Crippen LogP contribution < -0.4 is 26.0 Å². The van der Waals surface area contributed by atoms with Gasteiger partial charge in [0.25, 0.3) is 5.91 Å². The van der Waals surface area contributed by atoms with Crippen molar-refractivity contribution in [2.45, 2.75) is 19.4 Å². The third-order valence-corrected chi connectivity index (χ3v) is 4.05. The van der Waals surface area contributed by atoms with E-state index in [1.165, 1.54) is 0 Å². The van der Waals surface area contributed by atoms with Gasteiger partial charge in [-0.2, -0.15) is 0 Å². The molecule has 0 bridgehead atoms. The van der Waals surface area contributed by atoms with Crippen molar-refractivity contribution in [2.75, 3.05) is 22.1 Å². The summed E-state index contributed by atoms with van der Waals surface area (Å²) in [4.78, 5) is 37.2. The van der Waals surface area contributed by atoms with Gasteiger partial charge in [0.2, 0.25) is 5.91 Å². The number of nitrogens with zero attached hydrogens (tertiary/aromatic N) is 1. The first-order valence-corrected chi connectivity index (χ1v) is 8.47. The van der Waals surface area contributed by atoms with Crippen LogP contribution in [0.5, 0.6) is 5.75 Å². The predicted molar refractivity (Wildman–Crippen MR) is 102 cm³/mol. The smallest absolute Gasteiger partial charge is 0.316 e. The number of amides is 4. The fraction of sp³-hybridized carbons (Fsp3) is 0.211. The maximum absolute atomic E-state index is 12.4. The van der Waals surface area contributed by atoms with Gasteiger partial charge in [-0.05, 0) is 37.3 Å². The van der Waals surface area contributed by atoms with Gasteiger partial charge in [-0.1, -0.05) is 18.2 Å². The van der Waals surface area contributed by atoms with Crippen LogP contribution in [0.1, 0.15) is 13.3 Å². The minimum Gasteiger partial charge on any atom is -0.479 e. The van der Waals surface area contributed by atoms with E-state index in [2.05, 4.69) is 10.6 Å². The van der Waals surface area contributed by atoms with E-state index >= 15 is 0 Å². The van der Waals surface area contributed by atoms with E-state index in [0.29, 0.717) is 22.8 Å². The molecule has 2 aromatic carbocycles. The van der Waals surface area contributed by atoms with Gasteiger partial charge in [0.1, 0.15) is 5.75 Å². The molecular weight excluding hydrogens is 348 g/mol. The fourth-order valence-corrected chi connectivity index (χ4v) is 2.84. The number of nitrogens with one attached hydrogen (secondary N) is 2. The molecule has 1 unspecified atom stereocenters. The molecule has 0 saturated carbocycles. The molecule has 3 rings (SSSR count). The molecule has 8 nitrogen and oxygen atoms in total. The van der Waals surface area contributed by atoms with E-state index in [0.717, 1.165) is 0 Å². The highest BCUT2D eigenvalue weighted by molar-refractivity contribution is 6.01. The molecule has 0 radical (unpaired) electrons. The number of primary amides is 1.